The van der Waals surface area contributed by atoms with Gasteiger partial charge in [0.05, 0.1) is 22.7 Å². The van der Waals surface area contributed by atoms with Gasteiger partial charge < -0.3 is 5.32 Å². The van der Waals surface area contributed by atoms with Gasteiger partial charge in [-0.25, -0.2) is 4.98 Å². The van der Waals surface area contributed by atoms with E-state index in [1.807, 2.05) is 17.5 Å². The van der Waals surface area contributed by atoms with Crippen LogP contribution >= 0.6 is 22.7 Å². The van der Waals surface area contributed by atoms with Crippen LogP contribution in [0.5, 0.6) is 0 Å². The second kappa shape index (κ2) is 7.59. The molecule has 0 saturated carbocycles. The van der Waals surface area contributed by atoms with Crippen molar-refractivity contribution in [1.82, 2.24) is 4.98 Å². The molecule has 8 heteroatoms. The van der Waals surface area contributed by atoms with Gasteiger partial charge in [-0.15, -0.1) is 22.7 Å². The van der Waals surface area contributed by atoms with Gasteiger partial charge in [0, 0.05) is 11.3 Å². The van der Waals surface area contributed by atoms with Crippen molar-refractivity contribution in [3.8, 4) is 0 Å². The smallest absolute Gasteiger partial charge is 0.316 e. The van der Waals surface area contributed by atoms with E-state index in [1.54, 1.807) is 13.0 Å². The van der Waals surface area contributed by atoms with Crippen LogP contribution in [0.3, 0.4) is 0 Å². The summed E-state index contributed by atoms with van der Waals surface area (Å²) in [6.45, 7) is 1.77. The lowest BCUT2D eigenvalue weighted by atomic mass is 10.1. The molecule has 3 aromatic rings. The number of nitrogens with one attached hydrogen (secondary N) is 1. The zero-order valence-electron chi connectivity index (χ0n) is 13.8. The third-order valence-corrected chi connectivity index (χ3v) is 5.57. The Morgan fingerprint density at radius 2 is 2.04 bits per heavy atom. The Labute approximate surface area is 156 Å². The van der Waals surface area contributed by atoms with Crippen LogP contribution in [-0.2, 0) is 23.8 Å². The summed E-state index contributed by atoms with van der Waals surface area (Å²) in [6.07, 6.45) is -3.79. The van der Waals surface area contributed by atoms with Crippen molar-refractivity contribution in [2.45, 2.75) is 25.9 Å². The first kappa shape index (κ1) is 18.6. The zero-order valence-corrected chi connectivity index (χ0v) is 15.4. The Bertz CT molecular complexity index is 902. The van der Waals surface area contributed by atoms with E-state index >= 15 is 0 Å². The van der Waals surface area contributed by atoms with Crippen LogP contribution in [0.2, 0.25) is 0 Å². The monoisotopic (exact) mass is 396 g/mol. The Balaban J connectivity index is 1.69. The molecule has 0 atom stereocenters. The minimum Gasteiger partial charge on any atom is -0.316 e. The molecule has 0 aliphatic carbocycles. The number of amides is 1. The summed E-state index contributed by atoms with van der Waals surface area (Å²) < 4.78 is 38.4. The highest BCUT2D eigenvalue weighted by atomic mass is 32.1. The molecule has 0 bridgehead atoms. The number of alkyl halides is 3. The van der Waals surface area contributed by atoms with Crippen molar-refractivity contribution >= 4 is 33.6 Å². The van der Waals surface area contributed by atoms with Crippen LogP contribution < -0.4 is 5.32 Å². The highest BCUT2D eigenvalue weighted by molar-refractivity contribution is 7.16. The number of carbonyl (C=O) groups excluding carboxylic acids is 1. The molecule has 3 nitrogen and oxygen atoms in total. The highest BCUT2D eigenvalue weighted by Crippen LogP contribution is 2.31. The Morgan fingerprint density at radius 3 is 2.73 bits per heavy atom. The second-order valence-corrected chi connectivity index (χ2v) is 7.82. The van der Waals surface area contributed by atoms with Gasteiger partial charge in [0.25, 0.3) is 0 Å². The number of thiazole rings is 1. The van der Waals surface area contributed by atoms with E-state index in [-0.39, 0.29) is 18.7 Å². The van der Waals surface area contributed by atoms with Crippen molar-refractivity contribution in [1.29, 1.82) is 0 Å². The molecule has 3 rings (SSSR count). The summed E-state index contributed by atoms with van der Waals surface area (Å²) in [4.78, 5) is 17.4. The maximum absolute atomic E-state index is 12.8. The number of nitrogens with zero attached hydrogens (tertiary/aromatic N) is 1. The van der Waals surface area contributed by atoms with Gasteiger partial charge in [-0.1, -0.05) is 24.3 Å². The quantitative estimate of drug-likeness (QED) is 0.636. The van der Waals surface area contributed by atoms with E-state index in [2.05, 4.69) is 10.3 Å². The molecule has 0 unspecified atom stereocenters. The molecular formula is C18H15F3N2OS2. The summed E-state index contributed by atoms with van der Waals surface area (Å²) in [5.41, 5.74) is 0.522. The topological polar surface area (TPSA) is 42.0 Å². The summed E-state index contributed by atoms with van der Waals surface area (Å²) in [6, 6.07) is 8.99. The molecule has 136 valence electrons. The largest absolute Gasteiger partial charge is 0.416 e. The van der Waals surface area contributed by atoms with Crippen molar-refractivity contribution < 1.29 is 18.0 Å². The third-order valence-electron chi connectivity index (χ3n) is 3.62. The molecule has 0 radical (unpaired) electrons. The van der Waals surface area contributed by atoms with Crippen LogP contribution in [0.25, 0.3) is 0 Å². The van der Waals surface area contributed by atoms with Gasteiger partial charge in [-0.2, -0.15) is 13.2 Å². The Hall–Kier alpha value is -2.19. The van der Waals surface area contributed by atoms with E-state index in [0.717, 1.165) is 17.0 Å². The standard InChI is InChI=1S/C18H15F3N2OS2/c1-11-17(23-15(24)10-14-6-3-7-25-14)26-16(22-11)9-12-4-2-5-13(8-12)18(19,20)21/h2-8H,9-10H2,1H3,(H,23,24). The van der Waals surface area contributed by atoms with Gasteiger partial charge in [-0.3, -0.25) is 4.79 Å². The van der Waals surface area contributed by atoms with Gasteiger partial charge in [0.15, 0.2) is 0 Å². The molecule has 0 aliphatic heterocycles. The fraction of sp³-hybridized carbons (Fsp3) is 0.222. The number of thiophene rings is 1. The molecule has 1 N–H and O–H groups in total. The number of rotatable bonds is 5. The molecule has 0 fully saturated rings. The van der Waals surface area contributed by atoms with Crippen LogP contribution in [0.15, 0.2) is 41.8 Å². The van der Waals surface area contributed by atoms with E-state index in [4.69, 9.17) is 0 Å². The number of halogens is 3. The van der Waals surface area contributed by atoms with Crippen LogP contribution in [0.4, 0.5) is 18.2 Å². The molecule has 1 amide bonds. The highest BCUT2D eigenvalue weighted by Gasteiger charge is 2.30. The number of anilines is 1. The van der Waals surface area contributed by atoms with E-state index in [1.165, 1.54) is 28.7 Å². The normalized spacial score (nSPS) is 11.5. The number of carbonyl (C=O) groups is 1. The summed E-state index contributed by atoms with van der Waals surface area (Å²) in [7, 11) is 0. The number of benzene rings is 1. The van der Waals surface area contributed by atoms with Gasteiger partial charge in [0.2, 0.25) is 5.91 Å². The molecule has 1 aromatic carbocycles. The summed E-state index contributed by atoms with van der Waals surface area (Å²) in [5, 5.41) is 6.04. The van der Waals surface area contributed by atoms with Gasteiger partial charge in [0.1, 0.15) is 5.00 Å². The number of hydrogen-bond acceptors (Lipinski definition) is 4. The number of aromatic nitrogens is 1. The second-order valence-electron chi connectivity index (χ2n) is 5.70. The molecule has 0 spiro atoms. The molecule has 26 heavy (non-hydrogen) atoms. The van der Waals surface area contributed by atoms with Gasteiger partial charge >= 0.3 is 6.18 Å². The number of aryl methyl sites for hydroxylation is 1. The zero-order chi connectivity index (χ0) is 18.7. The third kappa shape index (κ3) is 4.70. The van der Waals surface area contributed by atoms with Crippen LogP contribution in [-0.4, -0.2) is 10.9 Å². The first-order valence-electron chi connectivity index (χ1n) is 7.76. The van der Waals surface area contributed by atoms with Crippen molar-refractivity contribution in [3.05, 3.63) is 68.5 Å². The fourth-order valence-electron chi connectivity index (χ4n) is 2.42. The van der Waals surface area contributed by atoms with E-state index in [9.17, 15) is 18.0 Å². The minimum absolute atomic E-state index is 0.134. The van der Waals surface area contributed by atoms with Gasteiger partial charge in [-0.05, 0) is 30.0 Å². The molecular weight excluding hydrogens is 381 g/mol. The summed E-state index contributed by atoms with van der Waals surface area (Å²) >= 11 is 2.80. The average Bonchev–Trinajstić information content (AvgIpc) is 3.17. The number of hydrogen-bond donors (Lipinski definition) is 1. The van der Waals surface area contributed by atoms with Crippen molar-refractivity contribution in [3.63, 3.8) is 0 Å². The fourth-order valence-corrected chi connectivity index (χ4v) is 4.14. The van der Waals surface area contributed by atoms with Crippen molar-refractivity contribution in [2.24, 2.45) is 0 Å². The lowest BCUT2D eigenvalue weighted by molar-refractivity contribution is -0.137. The first-order valence-corrected chi connectivity index (χ1v) is 9.45. The van der Waals surface area contributed by atoms with E-state index < -0.39 is 11.7 Å². The Morgan fingerprint density at radius 1 is 1.23 bits per heavy atom. The minimum atomic E-state index is -4.37. The molecule has 0 saturated heterocycles. The lowest BCUT2D eigenvalue weighted by Crippen LogP contribution is -2.13. The molecule has 0 aliphatic rings. The first-order chi connectivity index (χ1) is 12.3. The maximum atomic E-state index is 12.8. The van der Waals surface area contributed by atoms with Crippen LogP contribution in [0.1, 0.15) is 26.7 Å². The SMILES string of the molecule is Cc1nc(Cc2cccc(C(F)(F)F)c2)sc1NC(=O)Cc1cccs1. The molecule has 2 aromatic heterocycles. The lowest BCUT2D eigenvalue weighted by Gasteiger charge is -2.07. The van der Waals surface area contributed by atoms with E-state index in [0.29, 0.717) is 21.3 Å². The predicted octanol–water partition coefficient (Wildman–Crippen LogP) is 5.30. The average molecular weight is 396 g/mol. The maximum Gasteiger partial charge on any atom is 0.416 e. The predicted molar refractivity (Wildman–Crippen MR) is 97.8 cm³/mol. The Kier molecular flexibility index (Phi) is 5.43. The molecule has 2 heterocycles. The van der Waals surface area contributed by atoms with Crippen molar-refractivity contribution in [2.75, 3.05) is 5.32 Å². The van der Waals surface area contributed by atoms with Crippen LogP contribution in [0, 0.1) is 6.92 Å². The summed E-state index contributed by atoms with van der Waals surface area (Å²) in [5.74, 6) is -0.134.